The standard InChI is InChI=1S/C10H11Cl2NO2/c1-6(10(13)14)5-15-9-7(11)3-2-4-8(9)12/h2-4,6H,5H2,1H3,(H2,13,14). The molecular weight excluding hydrogens is 237 g/mol. The van der Waals surface area contributed by atoms with E-state index in [-0.39, 0.29) is 12.5 Å². The van der Waals surface area contributed by atoms with Crippen LogP contribution in [-0.4, -0.2) is 12.5 Å². The first kappa shape index (κ1) is 12.1. The van der Waals surface area contributed by atoms with Gasteiger partial charge in [0.25, 0.3) is 0 Å². The number of rotatable bonds is 4. The number of amides is 1. The maximum Gasteiger partial charge on any atom is 0.223 e. The zero-order valence-electron chi connectivity index (χ0n) is 8.17. The molecule has 82 valence electrons. The molecule has 0 radical (unpaired) electrons. The quantitative estimate of drug-likeness (QED) is 0.889. The predicted octanol–water partition coefficient (Wildman–Crippen LogP) is 2.49. The van der Waals surface area contributed by atoms with Gasteiger partial charge in [-0.25, -0.2) is 0 Å². The van der Waals surface area contributed by atoms with E-state index < -0.39 is 5.91 Å². The van der Waals surface area contributed by atoms with Crippen molar-refractivity contribution in [1.82, 2.24) is 0 Å². The summed E-state index contributed by atoms with van der Waals surface area (Å²) in [5.41, 5.74) is 5.09. The molecule has 0 spiro atoms. The van der Waals surface area contributed by atoms with E-state index in [9.17, 15) is 4.79 Å². The van der Waals surface area contributed by atoms with Crippen LogP contribution < -0.4 is 10.5 Å². The molecule has 1 unspecified atom stereocenters. The first-order valence-electron chi connectivity index (χ1n) is 4.38. The average molecular weight is 248 g/mol. The number of halogens is 2. The smallest absolute Gasteiger partial charge is 0.223 e. The van der Waals surface area contributed by atoms with E-state index in [0.29, 0.717) is 15.8 Å². The van der Waals surface area contributed by atoms with E-state index in [4.69, 9.17) is 33.7 Å². The number of para-hydroxylation sites is 1. The van der Waals surface area contributed by atoms with Crippen LogP contribution in [0.2, 0.25) is 10.0 Å². The van der Waals surface area contributed by atoms with Gasteiger partial charge in [0.2, 0.25) is 5.91 Å². The molecule has 0 bridgehead atoms. The van der Waals surface area contributed by atoms with Crippen LogP contribution in [0.25, 0.3) is 0 Å². The summed E-state index contributed by atoms with van der Waals surface area (Å²) in [6.07, 6.45) is 0. The minimum atomic E-state index is -0.418. The molecule has 15 heavy (non-hydrogen) atoms. The number of hydrogen-bond donors (Lipinski definition) is 1. The molecule has 0 fully saturated rings. The Balaban J connectivity index is 2.69. The Hall–Kier alpha value is -0.930. The van der Waals surface area contributed by atoms with Gasteiger partial charge in [-0.05, 0) is 12.1 Å². The molecule has 0 saturated carbocycles. The minimum Gasteiger partial charge on any atom is -0.490 e. The van der Waals surface area contributed by atoms with E-state index in [1.807, 2.05) is 0 Å². The molecule has 0 heterocycles. The molecule has 0 aliphatic rings. The van der Waals surface area contributed by atoms with Gasteiger partial charge < -0.3 is 10.5 Å². The maximum absolute atomic E-state index is 10.8. The molecule has 0 aromatic heterocycles. The topological polar surface area (TPSA) is 52.3 Å². The highest BCUT2D eigenvalue weighted by molar-refractivity contribution is 6.37. The van der Waals surface area contributed by atoms with Crippen LogP contribution >= 0.6 is 23.2 Å². The molecule has 1 atom stereocenters. The van der Waals surface area contributed by atoms with Crippen LogP contribution in [0.1, 0.15) is 6.92 Å². The number of benzene rings is 1. The Kier molecular flexibility index (Phi) is 4.24. The van der Waals surface area contributed by atoms with Crippen molar-refractivity contribution in [3.8, 4) is 5.75 Å². The van der Waals surface area contributed by atoms with Crippen LogP contribution in [0.4, 0.5) is 0 Å². The Morgan fingerprint density at radius 2 is 2.00 bits per heavy atom. The van der Waals surface area contributed by atoms with Crippen molar-refractivity contribution in [1.29, 1.82) is 0 Å². The molecule has 0 aliphatic carbocycles. The first-order valence-corrected chi connectivity index (χ1v) is 5.14. The number of ether oxygens (including phenoxy) is 1. The Morgan fingerprint density at radius 3 is 2.47 bits per heavy atom. The van der Waals surface area contributed by atoms with E-state index in [1.54, 1.807) is 25.1 Å². The average Bonchev–Trinajstić information content (AvgIpc) is 2.16. The molecule has 3 nitrogen and oxygen atoms in total. The fourth-order valence-electron chi connectivity index (χ4n) is 0.911. The lowest BCUT2D eigenvalue weighted by molar-refractivity contribution is -0.122. The molecule has 0 aliphatic heterocycles. The van der Waals surface area contributed by atoms with Gasteiger partial charge in [-0.15, -0.1) is 0 Å². The summed E-state index contributed by atoms with van der Waals surface area (Å²) in [6.45, 7) is 1.84. The highest BCUT2D eigenvalue weighted by atomic mass is 35.5. The first-order chi connectivity index (χ1) is 7.02. The number of hydrogen-bond acceptors (Lipinski definition) is 2. The van der Waals surface area contributed by atoms with Gasteiger partial charge in [0.15, 0.2) is 5.75 Å². The molecule has 5 heteroatoms. The van der Waals surface area contributed by atoms with Crippen LogP contribution in [-0.2, 0) is 4.79 Å². The summed E-state index contributed by atoms with van der Waals surface area (Å²) >= 11 is 11.7. The second-order valence-electron chi connectivity index (χ2n) is 3.17. The fourth-order valence-corrected chi connectivity index (χ4v) is 1.42. The van der Waals surface area contributed by atoms with Gasteiger partial charge in [-0.1, -0.05) is 36.2 Å². The highest BCUT2D eigenvalue weighted by Crippen LogP contribution is 2.32. The highest BCUT2D eigenvalue weighted by Gasteiger charge is 2.12. The maximum atomic E-state index is 10.8. The summed E-state index contributed by atoms with van der Waals surface area (Å²) in [6, 6.07) is 5.05. The van der Waals surface area contributed by atoms with E-state index in [0.717, 1.165) is 0 Å². The van der Waals surface area contributed by atoms with Crippen molar-refractivity contribution >= 4 is 29.1 Å². The van der Waals surface area contributed by atoms with Crippen molar-refractivity contribution in [3.63, 3.8) is 0 Å². The van der Waals surface area contributed by atoms with Crippen LogP contribution in [0.3, 0.4) is 0 Å². The number of carbonyl (C=O) groups excluding carboxylic acids is 1. The SMILES string of the molecule is CC(COc1c(Cl)cccc1Cl)C(N)=O. The van der Waals surface area contributed by atoms with Crippen LogP contribution in [0, 0.1) is 5.92 Å². The van der Waals surface area contributed by atoms with Gasteiger partial charge in [0, 0.05) is 0 Å². The van der Waals surface area contributed by atoms with Gasteiger partial charge in [0.05, 0.1) is 22.6 Å². The molecule has 0 saturated heterocycles. The van der Waals surface area contributed by atoms with E-state index >= 15 is 0 Å². The zero-order valence-corrected chi connectivity index (χ0v) is 9.68. The van der Waals surface area contributed by atoms with Gasteiger partial charge in [0.1, 0.15) is 0 Å². The van der Waals surface area contributed by atoms with Crippen molar-refractivity contribution in [2.45, 2.75) is 6.92 Å². The predicted molar refractivity (Wildman–Crippen MR) is 60.3 cm³/mol. The van der Waals surface area contributed by atoms with E-state index in [1.165, 1.54) is 0 Å². The normalized spacial score (nSPS) is 12.2. The molecule has 1 amide bonds. The molecular formula is C10H11Cl2NO2. The fraction of sp³-hybridized carbons (Fsp3) is 0.300. The second kappa shape index (κ2) is 5.24. The van der Waals surface area contributed by atoms with Crippen molar-refractivity contribution in [2.24, 2.45) is 11.7 Å². The Labute approximate surface area is 98.1 Å². The summed E-state index contributed by atoms with van der Waals surface area (Å²) in [7, 11) is 0. The zero-order chi connectivity index (χ0) is 11.4. The molecule has 1 aromatic rings. The Morgan fingerprint density at radius 1 is 1.47 bits per heavy atom. The summed E-state index contributed by atoms with van der Waals surface area (Å²) < 4.78 is 5.33. The molecule has 1 rings (SSSR count). The third-order valence-corrected chi connectivity index (χ3v) is 2.48. The number of nitrogens with two attached hydrogens (primary N) is 1. The largest absolute Gasteiger partial charge is 0.490 e. The number of carbonyl (C=O) groups is 1. The lowest BCUT2D eigenvalue weighted by Crippen LogP contribution is -2.25. The summed E-state index contributed by atoms with van der Waals surface area (Å²) in [5.74, 6) is -0.413. The second-order valence-corrected chi connectivity index (χ2v) is 3.98. The van der Waals surface area contributed by atoms with Crippen molar-refractivity contribution in [2.75, 3.05) is 6.61 Å². The Bertz CT molecular complexity index is 348. The van der Waals surface area contributed by atoms with Crippen molar-refractivity contribution < 1.29 is 9.53 Å². The molecule has 2 N–H and O–H groups in total. The third kappa shape index (κ3) is 3.29. The van der Waals surface area contributed by atoms with E-state index in [2.05, 4.69) is 0 Å². The van der Waals surface area contributed by atoms with Crippen LogP contribution in [0.15, 0.2) is 18.2 Å². The van der Waals surface area contributed by atoms with Crippen LogP contribution in [0.5, 0.6) is 5.75 Å². The monoisotopic (exact) mass is 247 g/mol. The third-order valence-electron chi connectivity index (χ3n) is 1.88. The van der Waals surface area contributed by atoms with Gasteiger partial charge in [-0.3, -0.25) is 4.79 Å². The summed E-state index contributed by atoms with van der Waals surface area (Å²) in [4.78, 5) is 10.8. The minimum absolute atomic E-state index is 0.165. The number of primary amides is 1. The molecule has 1 aromatic carbocycles. The lowest BCUT2D eigenvalue weighted by Gasteiger charge is -2.12. The van der Waals surface area contributed by atoms with Crippen molar-refractivity contribution in [3.05, 3.63) is 28.2 Å². The summed E-state index contributed by atoms with van der Waals surface area (Å²) in [5, 5.41) is 0.832. The lowest BCUT2D eigenvalue weighted by atomic mass is 10.2. The van der Waals surface area contributed by atoms with Gasteiger partial charge >= 0.3 is 0 Å². The van der Waals surface area contributed by atoms with Gasteiger partial charge in [-0.2, -0.15) is 0 Å².